The molecule has 1 aromatic heterocycles. The van der Waals surface area contributed by atoms with E-state index in [1.54, 1.807) is 0 Å². The third-order valence-electron chi connectivity index (χ3n) is 2.31. The maximum Gasteiger partial charge on any atom is 0.168 e. The quantitative estimate of drug-likeness (QED) is 0.551. The fraction of sp³-hybridized carbons (Fsp3) is 0.154. The minimum atomic E-state index is 0.0265. The van der Waals surface area contributed by atoms with Crippen molar-refractivity contribution in [2.75, 3.05) is 0 Å². The van der Waals surface area contributed by atoms with Gasteiger partial charge in [-0.15, -0.1) is 11.6 Å². The van der Waals surface area contributed by atoms with Crippen molar-refractivity contribution in [2.45, 2.75) is 11.9 Å². The second kappa shape index (κ2) is 4.94. The van der Waals surface area contributed by atoms with Crippen LogP contribution in [0.3, 0.4) is 0 Å². The van der Waals surface area contributed by atoms with Crippen LogP contribution in [0.1, 0.15) is 10.9 Å². The summed E-state index contributed by atoms with van der Waals surface area (Å²) in [6.07, 6.45) is 4.05. The first kappa shape index (κ1) is 10.2. The molecule has 0 aliphatic heterocycles. The van der Waals surface area contributed by atoms with Crippen LogP contribution in [0, 0.1) is 0 Å². The van der Waals surface area contributed by atoms with Crippen molar-refractivity contribution in [3.05, 3.63) is 66.5 Å². The smallest absolute Gasteiger partial charge is 0.168 e. The Bertz CT molecular complexity index is 399. The van der Waals surface area contributed by atoms with Crippen molar-refractivity contribution in [1.82, 2.24) is 0 Å². The van der Waals surface area contributed by atoms with Gasteiger partial charge in [-0.2, -0.15) is 0 Å². The zero-order chi connectivity index (χ0) is 10.5. The summed E-state index contributed by atoms with van der Waals surface area (Å²) >= 11 is 6.32. The summed E-state index contributed by atoms with van der Waals surface area (Å²) in [5.41, 5.74) is 1.16. The highest BCUT2D eigenvalue weighted by Crippen LogP contribution is 2.19. The molecule has 0 unspecified atom stereocenters. The van der Waals surface area contributed by atoms with Gasteiger partial charge in [0, 0.05) is 12.1 Å². The van der Waals surface area contributed by atoms with E-state index >= 15 is 0 Å². The van der Waals surface area contributed by atoms with Crippen LogP contribution in [-0.2, 0) is 6.54 Å². The topological polar surface area (TPSA) is 3.88 Å². The Balaban J connectivity index is 2.08. The van der Waals surface area contributed by atoms with E-state index in [2.05, 4.69) is 16.7 Å². The summed E-state index contributed by atoms with van der Waals surface area (Å²) in [6, 6.07) is 16.2. The molecule has 1 atom stereocenters. The van der Waals surface area contributed by atoms with Crippen LogP contribution < -0.4 is 4.57 Å². The Hall–Kier alpha value is -1.34. The van der Waals surface area contributed by atoms with Crippen LogP contribution in [0.4, 0.5) is 0 Å². The Morgan fingerprint density at radius 3 is 2.20 bits per heavy atom. The van der Waals surface area contributed by atoms with Crippen LogP contribution in [-0.4, -0.2) is 0 Å². The van der Waals surface area contributed by atoms with Crippen molar-refractivity contribution in [3.63, 3.8) is 0 Å². The van der Waals surface area contributed by atoms with Crippen LogP contribution in [0.5, 0.6) is 0 Å². The number of nitrogens with zero attached hydrogens (tertiary/aromatic N) is 1. The predicted molar refractivity (Wildman–Crippen MR) is 61.7 cm³/mol. The van der Waals surface area contributed by atoms with Crippen molar-refractivity contribution >= 4 is 11.6 Å². The minimum Gasteiger partial charge on any atom is -0.203 e. The third-order valence-corrected chi connectivity index (χ3v) is 2.70. The van der Waals surface area contributed by atoms with Gasteiger partial charge in [0.1, 0.15) is 5.38 Å². The molecule has 0 spiro atoms. The molecule has 0 amide bonds. The van der Waals surface area contributed by atoms with Crippen LogP contribution >= 0.6 is 11.6 Å². The molecule has 0 saturated heterocycles. The highest BCUT2D eigenvalue weighted by Gasteiger charge is 2.12. The van der Waals surface area contributed by atoms with E-state index in [4.69, 9.17) is 11.6 Å². The predicted octanol–water partition coefficient (Wildman–Crippen LogP) is 2.95. The van der Waals surface area contributed by atoms with Gasteiger partial charge in [-0.3, -0.25) is 0 Å². The highest BCUT2D eigenvalue weighted by atomic mass is 35.5. The van der Waals surface area contributed by atoms with Crippen molar-refractivity contribution in [2.24, 2.45) is 0 Å². The van der Waals surface area contributed by atoms with Crippen molar-refractivity contribution in [1.29, 1.82) is 0 Å². The number of rotatable bonds is 3. The molecular formula is C13H13ClN+. The standard InChI is InChI=1S/C13H13ClN/c14-13(12-7-3-1-4-8-12)11-15-9-5-2-6-10-15/h1-10,13H,11H2/q+1/t13-/m0/s1. The Kier molecular flexibility index (Phi) is 3.36. The van der Waals surface area contributed by atoms with Gasteiger partial charge in [0.05, 0.1) is 0 Å². The number of benzene rings is 1. The van der Waals surface area contributed by atoms with Crippen LogP contribution in [0.25, 0.3) is 0 Å². The second-order valence-corrected chi connectivity index (χ2v) is 3.98. The molecule has 15 heavy (non-hydrogen) atoms. The highest BCUT2D eigenvalue weighted by molar-refractivity contribution is 6.20. The molecule has 1 nitrogen and oxygen atoms in total. The zero-order valence-electron chi connectivity index (χ0n) is 8.38. The number of halogens is 1. The molecule has 2 heteroatoms. The van der Waals surface area contributed by atoms with E-state index in [-0.39, 0.29) is 5.38 Å². The largest absolute Gasteiger partial charge is 0.203 e. The maximum atomic E-state index is 6.32. The van der Waals surface area contributed by atoms with E-state index in [1.165, 1.54) is 0 Å². The van der Waals surface area contributed by atoms with Gasteiger partial charge in [-0.25, -0.2) is 4.57 Å². The molecule has 1 heterocycles. The Morgan fingerprint density at radius 1 is 0.933 bits per heavy atom. The first-order chi connectivity index (χ1) is 7.36. The van der Waals surface area contributed by atoms with Gasteiger partial charge in [0.15, 0.2) is 18.9 Å². The molecule has 76 valence electrons. The fourth-order valence-corrected chi connectivity index (χ4v) is 1.81. The van der Waals surface area contributed by atoms with Crippen LogP contribution in [0.2, 0.25) is 0 Å². The summed E-state index contributed by atoms with van der Waals surface area (Å²) < 4.78 is 2.09. The molecule has 0 radical (unpaired) electrons. The fourth-order valence-electron chi connectivity index (χ4n) is 1.51. The molecule has 2 rings (SSSR count). The van der Waals surface area contributed by atoms with E-state index in [1.807, 2.05) is 48.8 Å². The molecular weight excluding hydrogens is 206 g/mol. The SMILES string of the molecule is Cl[C@@H](C[n+]1ccccc1)c1ccccc1. The van der Waals surface area contributed by atoms with Gasteiger partial charge in [-0.05, 0) is 5.56 Å². The molecule has 0 bridgehead atoms. The second-order valence-electron chi connectivity index (χ2n) is 3.45. The summed E-state index contributed by atoms with van der Waals surface area (Å²) in [4.78, 5) is 0. The normalized spacial score (nSPS) is 12.3. The average molecular weight is 219 g/mol. The molecule has 0 fully saturated rings. The van der Waals surface area contributed by atoms with Crippen molar-refractivity contribution < 1.29 is 4.57 Å². The lowest BCUT2D eigenvalue weighted by Gasteiger charge is -2.05. The first-order valence-electron chi connectivity index (χ1n) is 4.99. The Labute approximate surface area is 95.0 Å². The number of pyridine rings is 1. The number of alkyl halides is 1. The summed E-state index contributed by atoms with van der Waals surface area (Å²) in [7, 11) is 0. The van der Waals surface area contributed by atoms with Gasteiger partial charge < -0.3 is 0 Å². The summed E-state index contributed by atoms with van der Waals surface area (Å²) in [5.74, 6) is 0. The lowest BCUT2D eigenvalue weighted by Crippen LogP contribution is -2.34. The van der Waals surface area contributed by atoms with Gasteiger partial charge >= 0.3 is 0 Å². The maximum absolute atomic E-state index is 6.32. The molecule has 0 N–H and O–H groups in total. The van der Waals surface area contributed by atoms with E-state index in [9.17, 15) is 0 Å². The lowest BCUT2D eigenvalue weighted by molar-refractivity contribution is -0.697. The van der Waals surface area contributed by atoms with Crippen LogP contribution in [0.15, 0.2) is 60.9 Å². The molecule has 0 aliphatic rings. The minimum absolute atomic E-state index is 0.0265. The van der Waals surface area contributed by atoms with Gasteiger partial charge in [-0.1, -0.05) is 36.4 Å². The average Bonchev–Trinajstić information content (AvgIpc) is 2.31. The number of aromatic nitrogens is 1. The van der Waals surface area contributed by atoms with E-state index in [0.717, 1.165) is 12.1 Å². The lowest BCUT2D eigenvalue weighted by atomic mass is 10.1. The van der Waals surface area contributed by atoms with Crippen molar-refractivity contribution in [3.8, 4) is 0 Å². The molecule has 2 aromatic rings. The van der Waals surface area contributed by atoms with Gasteiger partial charge in [0.2, 0.25) is 0 Å². The Morgan fingerprint density at radius 2 is 1.53 bits per heavy atom. The summed E-state index contributed by atoms with van der Waals surface area (Å²) in [5, 5.41) is 0.0265. The third kappa shape index (κ3) is 2.80. The van der Waals surface area contributed by atoms with Gasteiger partial charge in [0.25, 0.3) is 0 Å². The molecule has 1 aromatic carbocycles. The van der Waals surface area contributed by atoms with E-state index < -0.39 is 0 Å². The summed E-state index contributed by atoms with van der Waals surface area (Å²) in [6.45, 7) is 0.798. The zero-order valence-corrected chi connectivity index (χ0v) is 9.14. The number of hydrogen-bond acceptors (Lipinski definition) is 0. The first-order valence-corrected chi connectivity index (χ1v) is 5.43. The monoisotopic (exact) mass is 218 g/mol. The number of hydrogen-bond donors (Lipinski definition) is 0. The molecule has 0 aliphatic carbocycles. The molecule has 0 saturated carbocycles. The van der Waals surface area contributed by atoms with E-state index in [0.29, 0.717) is 0 Å².